The van der Waals surface area contributed by atoms with Crippen molar-refractivity contribution >= 4 is 19.3 Å². The monoisotopic (exact) mass is 264 g/mol. The molecule has 8 heteroatoms. The van der Waals surface area contributed by atoms with Gasteiger partial charge in [0.1, 0.15) is 6.61 Å². The molecule has 0 radical (unpaired) electrons. The van der Waals surface area contributed by atoms with E-state index in [4.69, 9.17) is 11.5 Å². The summed E-state index contributed by atoms with van der Waals surface area (Å²) >= 11 is 0. The molecule has 0 aliphatic heterocycles. The van der Waals surface area contributed by atoms with Crippen LogP contribution in [0.5, 0.6) is 0 Å². The Kier molecular flexibility index (Phi) is 6.51. The number of ether oxygens (including phenoxy) is 2. The highest BCUT2D eigenvalue weighted by Crippen LogP contribution is 2.47. The molecular formula is C9H13O7P. The molecule has 0 aromatic carbocycles. The van der Waals surface area contributed by atoms with Crippen LogP contribution in [0, 0.1) is 12.3 Å². The van der Waals surface area contributed by atoms with E-state index in [1.165, 1.54) is 0 Å². The number of carbonyl (C=O) groups excluding carboxylic acids is 1. The first-order valence-corrected chi connectivity index (χ1v) is 6.55. The molecule has 0 spiro atoms. The average molecular weight is 264 g/mol. The summed E-state index contributed by atoms with van der Waals surface area (Å²) in [5.74, 6) is -1.99. The van der Waals surface area contributed by atoms with Gasteiger partial charge in [-0.3, -0.25) is 4.57 Å². The summed E-state index contributed by atoms with van der Waals surface area (Å²) in [5.41, 5.74) is 0. The van der Waals surface area contributed by atoms with Crippen LogP contribution in [0.1, 0.15) is 0 Å². The molecule has 0 rings (SSSR count). The van der Waals surface area contributed by atoms with Crippen molar-refractivity contribution in [2.24, 2.45) is 0 Å². The van der Waals surface area contributed by atoms with Crippen LogP contribution in [0.15, 0.2) is 0 Å². The first-order valence-electron chi connectivity index (χ1n) is 4.41. The molecule has 0 amide bonds. The van der Waals surface area contributed by atoms with E-state index in [0.717, 1.165) is 13.8 Å². The molecule has 1 N–H and O–H groups in total. The number of hydrogen-bond acceptors (Lipinski definition) is 6. The molecule has 0 fully saturated rings. The first kappa shape index (κ1) is 15.7. The van der Waals surface area contributed by atoms with Gasteiger partial charge in [0.2, 0.25) is 13.2 Å². The summed E-state index contributed by atoms with van der Waals surface area (Å²) in [6.07, 6.45) is 4.85. The maximum absolute atomic E-state index is 11.6. The summed E-state index contributed by atoms with van der Waals surface area (Å²) in [6.45, 7) is 0.187. The Labute approximate surface area is 98.5 Å². The van der Waals surface area contributed by atoms with Crippen LogP contribution in [0.2, 0.25) is 0 Å². The Hall–Kier alpha value is -1.35. The van der Waals surface area contributed by atoms with Gasteiger partial charge < -0.3 is 19.1 Å². The number of terminal acetylenes is 1. The van der Waals surface area contributed by atoms with Crippen molar-refractivity contribution in [3.05, 3.63) is 0 Å². The molecule has 0 aliphatic rings. The fourth-order valence-electron chi connectivity index (χ4n) is 0.814. The SMILES string of the molecule is C#CCOC(=O)COC(C(=O)O)P(C)(=O)OC. The number of carboxylic acid groups (broad SMARTS) is 1. The second-order valence-electron chi connectivity index (χ2n) is 2.96. The Morgan fingerprint density at radius 1 is 1.53 bits per heavy atom. The molecule has 0 heterocycles. The minimum Gasteiger partial charge on any atom is -0.479 e. The van der Waals surface area contributed by atoms with E-state index in [-0.39, 0.29) is 6.61 Å². The van der Waals surface area contributed by atoms with E-state index >= 15 is 0 Å². The van der Waals surface area contributed by atoms with Gasteiger partial charge in [0, 0.05) is 13.8 Å². The lowest BCUT2D eigenvalue weighted by Crippen LogP contribution is -2.27. The van der Waals surface area contributed by atoms with E-state index in [1.807, 2.05) is 0 Å². The largest absolute Gasteiger partial charge is 0.479 e. The average Bonchev–Trinajstić information content (AvgIpc) is 2.25. The van der Waals surface area contributed by atoms with Gasteiger partial charge in [-0.1, -0.05) is 5.92 Å². The van der Waals surface area contributed by atoms with Crippen LogP contribution in [0.25, 0.3) is 0 Å². The van der Waals surface area contributed by atoms with E-state index in [2.05, 4.69) is 19.9 Å². The summed E-state index contributed by atoms with van der Waals surface area (Å²) in [6, 6.07) is 0. The van der Waals surface area contributed by atoms with Crippen LogP contribution < -0.4 is 0 Å². The predicted octanol–water partition coefficient (Wildman–Crippen LogP) is 0.144. The van der Waals surface area contributed by atoms with Gasteiger partial charge in [-0.2, -0.15) is 0 Å². The van der Waals surface area contributed by atoms with Crippen LogP contribution in [0.4, 0.5) is 0 Å². The molecule has 2 atom stereocenters. The lowest BCUT2D eigenvalue weighted by Gasteiger charge is -2.18. The Balaban J connectivity index is 4.40. The van der Waals surface area contributed by atoms with Gasteiger partial charge in [-0.15, -0.1) is 6.42 Å². The van der Waals surface area contributed by atoms with E-state index in [9.17, 15) is 14.2 Å². The number of rotatable bonds is 7. The van der Waals surface area contributed by atoms with E-state index in [0.29, 0.717) is 0 Å². The van der Waals surface area contributed by atoms with Crippen molar-refractivity contribution in [3.8, 4) is 12.3 Å². The van der Waals surface area contributed by atoms with Gasteiger partial charge >= 0.3 is 11.9 Å². The lowest BCUT2D eigenvalue weighted by molar-refractivity contribution is -0.154. The van der Waals surface area contributed by atoms with Crippen LogP contribution in [0.3, 0.4) is 0 Å². The predicted molar refractivity (Wildman–Crippen MR) is 57.7 cm³/mol. The van der Waals surface area contributed by atoms with Crippen molar-refractivity contribution in [3.63, 3.8) is 0 Å². The number of esters is 1. The molecule has 17 heavy (non-hydrogen) atoms. The van der Waals surface area contributed by atoms with Crippen molar-refractivity contribution in [1.29, 1.82) is 0 Å². The molecule has 0 aromatic heterocycles. The van der Waals surface area contributed by atoms with Gasteiger partial charge in [0.05, 0.1) is 0 Å². The van der Waals surface area contributed by atoms with Crippen molar-refractivity contribution in [1.82, 2.24) is 0 Å². The van der Waals surface area contributed by atoms with Crippen LogP contribution in [-0.4, -0.2) is 49.9 Å². The maximum Gasteiger partial charge on any atom is 0.343 e. The molecule has 7 nitrogen and oxygen atoms in total. The second-order valence-corrected chi connectivity index (χ2v) is 5.61. The third-order valence-corrected chi connectivity index (χ3v) is 3.62. The third-order valence-electron chi connectivity index (χ3n) is 1.68. The van der Waals surface area contributed by atoms with Gasteiger partial charge in [-0.05, 0) is 0 Å². The summed E-state index contributed by atoms with van der Waals surface area (Å²) in [4.78, 5) is 21.7. The quantitative estimate of drug-likeness (QED) is 0.396. The zero-order valence-corrected chi connectivity index (χ0v) is 10.3. The second kappa shape index (κ2) is 7.07. The van der Waals surface area contributed by atoms with Crippen LogP contribution in [-0.2, 0) is 28.2 Å². The van der Waals surface area contributed by atoms with Gasteiger partial charge in [-0.25, -0.2) is 9.59 Å². The number of aliphatic carboxylic acids is 1. The fourth-order valence-corrected chi connectivity index (χ4v) is 1.75. The van der Waals surface area contributed by atoms with Gasteiger partial charge in [0.25, 0.3) is 0 Å². The minimum absolute atomic E-state index is 0.242. The molecule has 2 unspecified atom stereocenters. The smallest absolute Gasteiger partial charge is 0.343 e. The number of hydrogen-bond donors (Lipinski definition) is 1. The molecule has 0 saturated carbocycles. The standard InChI is InChI=1S/C9H13O7P/c1-4-5-15-7(10)6-16-9(8(11)12)17(3,13)14-2/h1,9H,5-6H2,2-3H3,(H,11,12). The lowest BCUT2D eigenvalue weighted by atomic mass is 10.6. The van der Waals surface area contributed by atoms with Crippen molar-refractivity contribution in [2.45, 2.75) is 5.85 Å². The summed E-state index contributed by atoms with van der Waals surface area (Å²) < 4.78 is 25.3. The first-order chi connectivity index (χ1) is 7.85. The highest BCUT2D eigenvalue weighted by molar-refractivity contribution is 7.59. The van der Waals surface area contributed by atoms with Crippen LogP contribution >= 0.6 is 7.37 Å². The number of carbonyl (C=O) groups is 2. The third kappa shape index (κ3) is 5.50. The molecular weight excluding hydrogens is 251 g/mol. The maximum atomic E-state index is 11.6. The zero-order chi connectivity index (χ0) is 13.5. The molecule has 0 saturated heterocycles. The Morgan fingerprint density at radius 2 is 2.12 bits per heavy atom. The van der Waals surface area contributed by atoms with E-state index in [1.54, 1.807) is 0 Å². The summed E-state index contributed by atoms with van der Waals surface area (Å²) in [7, 11) is -2.40. The highest BCUT2D eigenvalue weighted by atomic mass is 31.2. The Bertz CT molecular complexity index is 370. The van der Waals surface area contributed by atoms with Gasteiger partial charge in [0.15, 0.2) is 6.61 Å². The van der Waals surface area contributed by atoms with Crippen molar-refractivity contribution < 1.29 is 33.3 Å². The highest BCUT2D eigenvalue weighted by Gasteiger charge is 2.36. The van der Waals surface area contributed by atoms with Crippen molar-refractivity contribution in [2.75, 3.05) is 27.0 Å². The molecule has 0 bridgehead atoms. The fraction of sp³-hybridized carbons (Fsp3) is 0.556. The minimum atomic E-state index is -3.49. The Morgan fingerprint density at radius 3 is 2.53 bits per heavy atom. The number of carboxylic acids is 1. The zero-order valence-electron chi connectivity index (χ0n) is 9.41. The topological polar surface area (TPSA) is 99.1 Å². The summed E-state index contributed by atoms with van der Waals surface area (Å²) in [5, 5.41) is 8.77. The molecule has 0 aromatic rings. The molecule has 0 aliphatic carbocycles. The normalized spacial score (nSPS) is 15.4. The van der Waals surface area contributed by atoms with E-state index < -0.39 is 31.8 Å². The molecule has 96 valence electrons.